The van der Waals surface area contributed by atoms with E-state index in [0.717, 1.165) is 11.1 Å². The maximum Gasteiger partial charge on any atom is 0.123 e. The summed E-state index contributed by atoms with van der Waals surface area (Å²) in [6.07, 6.45) is -0.186. The summed E-state index contributed by atoms with van der Waals surface area (Å²) in [4.78, 5) is 0. The van der Waals surface area contributed by atoms with Crippen molar-refractivity contribution in [2.75, 3.05) is 19.8 Å². The average molecular weight is 225 g/mol. The van der Waals surface area contributed by atoms with Crippen LogP contribution in [0.1, 0.15) is 17.2 Å². The van der Waals surface area contributed by atoms with Crippen molar-refractivity contribution >= 4 is 0 Å². The molecule has 2 unspecified atom stereocenters. The van der Waals surface area contributed by atoms with Gasteiger partial charge in [-0.15, -0.1) is 0 Å². The first-order valence-corrected chi connectivity index (χ1v) is 5.39. The third kappa shape index (κ3) is 2.40. The zero-order valence-corrected chi connectivity index (χ0v) is 9.28. The van der Waals surface area contributed by atoms with E-state index in [9.17, 15) is 4.39 Å². The zero-order chi connectivity index (χ0) is 11.5. The van der Waals surface area contributed by atoms with Crippen LogP contribution in [-0.4, -0.2) is 25.9 Å². The topological polar surface area (TPSA) is 44.5 Å². The Hall–Kier alpha value is -0.970. The minimum atomic E-state index is -0.337. The smallest absolute Gasteiger partial charge is 0.123 e. The van der Waals surface area contributed by atoms with Gasteiger partial charge in [-0.25, -0.2) is 4.39 Å². The zero-order valence-electron chi connectivity index (χ0n) is 9.28. The minimum Gasteiger partial charge on any atom is -0.376 e. The summed E-state index contributed by atoms with van der Waals surface area (Å²) in [5.74, 6) is -0.271. The molecule has 1 aliphatic rings. The maximum absolute atomic E-state index is 13.1. The van der Waals surface area contributed by atoms with Crippen molar-refractivity contribution in [3.05, 3.63) is 35.1 Å². The third-order valence-electron chi connectivity index (χ3n) is 2.84. The lowest BCUT2D eigenvalue weighted by Crippen LogP contribution is -2.38. The predicted molar refractivity (Wildman–Crippen MR) is 58.6 cm³/mol. The van der Waals surface area contributed by atoms with Crippen molar-refractivity contribution < 1.29 is 13.9 Å². The van der Waals surface area contributed by atoms with E-state index in [-0.39, 0.29) is 18.0 Å². The van der Waals surface area contributed by atoms with Gasteiger partial charge in [0.15, 0.2) is 0 Å². The third-order valence-corrected chi connectivity index (χ3v) is 2.84. The van der Waals surface area contributed by atoms with Gasteiger partial charge < -0.3 is 15.2 Å². The molecule has 1 aliphatic heterocycles. The molecule has 4 heteroatoms. The molecule has 1 heterocycles. The largest absolute Gasteiger partial charge is 0.376 e. The molecule has 16 heavy (non-hydrogen) atoms. The molecule has 0 aromatic heterocycles. The molecule has 0 spiro atoms. The Morgan fingerprint density at radius 3 is 2.94 bits per heavy atom. The SMILES string of the molecule is Cc1ccc(F)cc1C(N)C1COCCO1. The van der Waals surface area contributed by atoms with Crippen molar-refractivity contribution in [2.24, 2.45) is 5.73 Å². The van der Waals surface area contributed by atoms with Crippen LogP contribution in [0.5, 0.6) is 0 Å². The van der Waals surface area contributed by atoms with Crippen molar-refractivity contribution in [1.82, 2.24) is 0 Å². The Kier molecular flexibility index (Phi) is 3.53. The Labute approximate surface area is 94.3 Å². The standard InChI is InChI=1S/C12H16FNO2/c1-8-2-3-9(13)6-10(8)12(14)11-7-15-4-5-16-11/h2-3,6,11-12H,4-5,7,14H2,1H3. The van der Waals surface area contributed by atoms with Gasteiger partial charge in [-0.1, -0.05) is 6.07 Å². The number of hydrogen-bond acceptors (Lipinski definition) is 3. The van der Waals surface area contributed by atoms with Gasteiger partial charge in [0.25, 0.3) is 0 Å². The second-order valence-electron chi connectivity index (χ2n) is 4.01. The fourth-order valence-corrected chi connectivity index (χ4v) is 1.88. The summed E-state index contributed by atoms with van der Waals surface area (Å²) in [5, 5.41) is 0. The number of benzene rings is 1. The first-order valence-electron chi connectivity index (χ1n) is 5.39. The number of hydrogen-bond donors (Lipinski definition) is 1. The fraction of sp³-hybridized carbons (Fsp3) is 0.500. The Balaban J connectivity index is 2.18. The monoisotopic (exact) mass is 225 g/mol. The number of aryl methyl sites for hydroxylation is 1. The second-order valence-corrected chi connectivity index (χ2v) is 4.01. The summed E-state index contributed by atoms with van der Waals surface area (Å²) in [6.45, 7) is 3.54. The first kappa shape index (κ1) is 11.5. The summed E-state index contributed by atoms with van der Waals surface area (Å²) >= 11 is 0. The normalized spacial score (nSPS) is 23.1. The van der Waals surface area contributed by atoms with Crippen LogP contribution in [0.2, 0.25) is 0 Å². The van der Waals surface area contributed by atoms with E-state index in [4.69, 9.17) is 15.2 Å². The van der Waals surface area contributed by atoms with Crippen LogP contribution in [0.15, 0.2) is 18.2 Å². The van der Waals surface area contributed by atoms with E-state index in [1.54, 1.807) is 6.07 Å². The van der Waals surface area contributed by atoms with E-state index in [1.807, 2.05) is 6.92 Å². The van der Waals surface area contributed by atoms with Crippen LogP contribution in [0.3, 0.4) is 0 Å². The molecule has 0 amide bonds. The van der Waals surface area contributed by atoms with Crippen molar-refractivity contribution in [1.29, 1.82) is 0 Å². The Morgan fingerprint density at radius 2 is 2.25 bits per heavy atom. The molecule has 0 radical (unpaired) electrons. The molecule has 3 nitrogen and oxygen atoms in total. The summed E-state index contributed by atoms with van der Waals surface area (Å²) < 4.78 is 24.0. The Morgan fingerprint density at radius 1 is 1.44 bits per heavy atom. The summed E-state index contributed by atoms with van der Waals surface area (Å²) in [6, 6.07) is 4.30. The van der Waals surface area contributed by atoms with E-state index < -0.39 is 0 Å². The molecule has 2 atom stereocenters. The van der Waals surface area contributed by atoms with E-state index >= 15 is 0 Å². The van der Waals surface area contributed by atoms with E-state index in [1.165, 1.54) is 12.1 Å². The average Bonchev–Trinajstić information content (AvgIpc) is 2.32. The van der Waals surface area contributed by atoms with Crippen molar-refractivity contribution in [2.45, 2.75) is 19.1 Å². The van der Waals surface area contributed by atoms with Gasteiger partial charge in [0.2, 0.25) is 0 Å². The molecule has 1 saturated heterocycles. The molecule has 1 aromatic rings. The van der Waals surface area contributed by atoms with Crippen molar-refractivity contribution in [3.8, 4) is 0 Å². The highest BCUT2D eigenvalue weighted by Crippen LogP contribution is 2.23. The van der Waals surface area contributed by atoms with Crippen LogP contribution >= 0.6 is 0 Å². The van der Waals surface area contributed by atoms with Crippen LogP contribution in [0.4, 0.5) is 4.39 Å². The minimum absolute atomic E-state index is 0.186. The highest BCUT2D eigenvalue weighted by atomic mass is 19.1. The molecule has 2 rings (SSSR count). The van der Waals surface area contributed by atoms with Gasteiger partial charge in [-0.3, -0.25) is 0 Å². The highest BCUT2D eigenvalue weighted by molar-refractivity contribution is 5.30. The predicted octanol–water partition coefficient (Wildman–Crippen LogP) is 1.55. The lowest BCUT2D eigenvalue weighted by atomic mass is 9.97. The molecule has 0 saturated carbocycles. The molecule has 88 valence electrons. The van der Waals surface area contributed by atoms with E-state index in [0.29, 0.717) is 19.8 Å². The van der Waals surface area contributed by atoms with Gasteiger partial charge in [-0.2, -0.15) is 0 Å². The van der Waals surface area contributed by atoms with Crippen LogP contribution < -0.4 is 5.73 Å². The number of nitrogens with two attached hydrogens (primary N) is 1. The second kappa shape index (κ2) is 4.91. The first-order chi connectivity index (χ1) is 7.68. The van der Waals surface area contributed by atoms with Crippen molar-refractivity contribution in [3.63, 3.8) is 0 Å². The van der Waals surface area contributed by atoms with Gasteiger partial charge in [0.05, 0.1) is 25.9 Å². The fourth-order valence-electron chi connectivity index (χ4n) is 1.88. The Bertz CT molecular complexity index is 364. The van der Waals surface area contributed by atoms with Gasteiger partial charge in [0, 0.05) is 0 Å². The highest BCUT2D eigenvalue weighted by Gasteiger charge is 2.24. The van der Waals surface area contributed by atoms with Crippen LogP contribution in [0.25, 0.3) is 0 Å². The summed E-state index contributed by atoms with van der Waals surface area (Å²) in [5.41, 5.74) is 7.83. The molecule has 0 aliphatic carbocycles. The molecule has 2 N–H and O–H groups in total. The number of ether oxygens (including phenoxy) is 2. The molecular weight excluding hydrogens is 209 g/mol. The molecular formula is C12H16FNO2. The van der Waals surface area contributed by atoms with Crippen LogP contribution in [-0.2, 0) is 9.47 Å². The lowest BCUT2D eigenvalue weighted by Gasteiger charge is -2.29. The van der Waals surface area contributed by atoms with Gasteiger partial charge >= 0.3 is 0 Å². The maximum atomic E-state index is 13.1. The number of halogens is 1. The molecule has 1 aromatic carbocycles. The number of rotatable bonds is 2. The quantitative estimate of drug-likeness (QED) is 0.830. The van der Waals surface area contributed by atoms with E-state index in [2.05, 4.69) is 0 Å². The van der Waals surface area contributed by atoms with Crippen LogP contribution in [0, 0.1) is 12.7 Å². The lowest BCUT2D eigenvalue weighted by molar-refractivity contribution is -0.0976. The molecule has 1 fully saturated rings. The van der Waals surface area contributed by atoms with Gasteiger partial charge in [-0.05, 0) is 30.2 Å². The summed E-state index contributed by atoms with van der Waals surface area (Å²) in [7, 11) is 0. The molecule has 0 bridgehead atoms. The van der Waals surface area contributed by atoms with Gasteiger partial charge in [0.1, 0.15) is 11.9 Å².